The number of ether oxygens (including phenoxy) is 4. The van der Waals surface area contributed by atoms with Gasteiger partial charge in [0.15, 0.2) is 5.78 Å². The monoisotopic (exact) mass is 513 g/mol. The van der Waals surface area contributed by atoms with Gasteiger partial charge in [-0.25, -0.2) is 4.79 Å². The molecule has 1 heterocycles. The lowest BCUT2D eigenvalue weighted by Crippen LogP contribution is -2.16. The molecule has 4 aromatic rings. The number of rotatable bonds is 10. The van der Waals surface area contributed by atoms with Crippen molar-refractivity contribution in [1.82, 2.24) is 4.57 Å². The second-order valence-electron chi connectivity index (χ2n) is 8.96. The Kier molecular flexibility index (Phi) is 8.16. The highest BCUT2D eigenvalue weighted by Gasteiger charge is 2.26. The predicted molar refractivity (Wildman–Crippen MR) is 146 cm³/mol. The molecule has 0 unspecified atom stereocenters. The first kappa shape index (κ1) is 26.5. The van der Waals surface area contributed by atoms with Gasteiger partial charge >= 0.3 is 5.97 Å². The Morgan fingerprint density at radius 2 is 1.26 bits per heavy atom. The number of hydrogen-bond donors (Lipinski definition) is 0. The van der Waals surface area contributed by atoms with Crippen molar-refractivity contribution in [2.75, 3.05) is 21.3 Å². The second-order valence-corrected chi connectivity index (χ2v) is 8.96. The predicted octanol–water partition coefficient (Wildman–Crippen LogP) is 6.30. The van der Waals surface area contributed by atoms with E-state index in [4.69, 9.17) is 18.9 Å². The van der Waals surface area contributed by atoms with Gasteiger partial charge in [-0.2, -0.15) is 0 Å². The minimum Gasteiger partial charge on any atom is -0.497 e. The molecule has 196 valence electrons. The van der Waals surface area contributed by atoms with Crippen LogP contribution in [0.25, 0.3) is 22.3 Å². The van der Waals surface area contributed by atoms with Crippen molar-refractivity contribution in [3.63, 3.8) is 0 Å². The molecule has 1 aromatic heterocycles. The molecular weight excluding hydrogens is 482 g/mol. The van der Waals surface area contributed by atoms with Gasteiger partial charge in [-0.15, -0.1) is 0 Å². The average Bonchev–Trinajstić information content (AvgIpc) is 3.31. The van der Waals surface area contributed by atoms with Gasteiger partial charge in [0.1, 0.15) is 22.9 Å². The molecule has 7 nitrogen and oxygen atoms in total. The van der Waals surface area contributed by atoms with Crippen molar-refractivity contribution in [2.45, 2.75) is 26.5 Å². The summed E-state index contributed by atoms with van der Waals surface area (Å²) in [6.07, 6.45) is 1.87. The van der Waals surface area contributed by atoms with Crippen LogP contribution in [0.4, 0.5) is 0 Å². The van der Waals surface area contributed by atoms with Crippen LogP contribution in [0.3, 0.4) is 0 Å². The summed E-state index contributed by atoms with van der Waals surface area (Å²) < 4.78 is 23.2. The summed E-state index contributed by atoms with van der Waals surface area (Å²) in [5, 5.41) is 0. The fourth-order valence-electron chi connectivity index (χ4n) is 4.27. The number of aromatic nitrogens is 1. The summed E-state index contributed by atoms with van der Waals surface area (Å²) in [5.41, 5.74) is 3.91. The molecule has 7 heteroatoms. The average molecular weight is 514 g/mol. The van der Waals surface area contributed by atoms with Crippen LogP contribution >= 0.6 is 0 Å². The topological polar surface area (TPSA) is 76.0 Å². The summed E-state index contributed by atoms with van der Waals surface area (Å²) in [7, 11) is 4.51. The van der Waals surface area contributed by atoms with Gasteiger partial charge < -0.3 is 23.5 Å². The third-order valence-electron chi connectivity index (χ3n) is 6.10. The minimum absolute atomic E-state index is 0.0472. The lowest BCUT2D eigenvalue weighted by atomic mass is 9.96. The maximum absolute atomic E-state index is 13.3. The molecule has 0 N–H and O–H groups in total. The maximum atomic E-state index is 13.3. The Morgan fingerprint density at radius 1 is 0.737 bits per heavy atom. The van der Waals surface area contributed by atoms with E-state index < -0.39 is 5.97 Å². The molecule has 0 aliphatic carbocycles. The van der Waals surface area contributed by atoms with Gasteiger partial charge in [0, 0.05) is 22.9 Å². The number of ketones is 1. The molecule has 0 spiro atoms. The first-order valence-corrected chi connectivity index (χ1v) is 12.2. The van der Waals surface area contributed by atoms with E-state index in [1.807, 2.05) is 68.6 Å². The zero-order valence-electron chi connectivity index (χ0n) is 22.2. The van der Waals surface area contributed by atoms with E-state index >= 15 is 0 Å². The lowest BCUT2D eigenvalue weighted by molar-refractivity contribution is 0.0589. The van der Waals surface area contributed by atoms with Crippen molar-refractivity contribution >= 4 is 11.8 Å². The molecule has 0 atom stereocenters. The van der Waals surface area contributed by atoms with Crippen LogP contribution in [0.5, 0.6) is 17.2 Å². The molecule has 3 aromatic carbocycles. The molecule has 38 heavy (non-hydrogen) atoms. The molecule has 0 amide bonds. The Labute approximate surface area is 222 Å². The Hall–Kier alpha value is -4.52. The second kappa shape index (κ2) is 11.7. The molecule has 4 rings (SSSR count). The van der Waals surface area contributed by atoms with Crippen LogP contribution in [0.2, 0.25) is 0 Å². The Balaban J connectivity index is 1.85. The number of carbonyl (C=O) groups is 2. The number of esters is 1. The number of hydrogen-bond acceptors (Lipinski definition) is 6. The highest BCUT2D eigenvalue weighted by molar-refractivity contribution is 6.03. The lowest BCUT2D eigenvalue weighted by Gasteiger charge is -2.12. The van der Waals surface area contributed by atoms with E-state index in [0.29, 0.717) is 22.6 Å². The van der Waals surface area contributed by atoms with E-state index in [1.165, 1.54) is 7.11 Å². The first-order chi connectivity index (χ1) is 18.3. The molecular formula is C31H31NO6. The first-order valence-electron chi connectivity index (χ1n) is 12.2. The molecule has 0 saturated heterocycles. The van der Waals surface area contributed by atoms with Gasteiger partial charge in [-0.3, -0.25) is 4.79 Å². The van der Waals surface area contributed by atoms with Crippen LogP contribution in [0, 0.1) is 0 Å². The number of carbonyl (C=O) groups excluding carboxylic acids is 2. The minimum atomic E-state index is -0.538. The van der Waals surface area contributed by atoms with Crippen molar-refractivity contribution in [3.8, 4) is 39.5 Å². The highest BCUT2D eigenvalue weighted by atomic mass is 16.5. The zero-order valence-corrected chi connectivity index (χ0v) is 22.2. The largest absolute Gasteiger partial charge is 0.497 e. The number of Topliss-reactive ketones (excluding diaryl/α,β-unsaturated/α-hetero) is 1. The van der Waals surface area contributed by atoms with Crippen LogP contribution in [0.15, 0.2) is 79.0 Å². The summed E-state index contributed by atoms with van der Waals surface area (Å²) >= 11 is 0. The molecule has 0 aliphatic rings. The van der Waals surface area contributed by atoms with Gasteiger partial charge in [0.25, 0.3) is 0 Å². The third-order valence-corrected chi connectivity index (χ3v) is 6.10. The smallest absolute Gasteiger partial charge is 0.355 e. The maximum Gasteiger partial charge on any atom is 0.355 e. The van der Waals surface area contributed by atoms with Gasteiger partial charge in [0.05, 0.1) is 34.0 Å². The van der Waals surface area contributed by atoms with Crippen LogP contribution < -0.4 is 14.2 Å². The van der Waals surface area contributed by atoms with Gasteiger partial charge in [-0.1, -0.05) is 24.3 Å². The van der Waals surface area contributed by atoms with Crippen molar-refractivity contribution < 1.29 is 28.5 Å². The van der Waals surface area contributed by atoms with Gasteiger partial charge in [-0.05, 0) is 73.5 Å². The zero-order chi connectivity index (χ0) is 27.2. The molecule has 0 fully saturated rings. The summed E-state index contributed by atoms with van der Waals surface area (Å²) in [6.45, 7) is 3.89. The van der Waals surface area contributed by atoms with Crippen LogP contribution in [-0.4, -0.2) is 43.8 Å². The summed E-state index contributed by atoms with van der Waals surface area (Å²) in [6, 6.07) is 22.0. The molecule has 0 bridgehead atoms. The third kappa shape index (κ3) is 5.72. The fourth-order valence-corrected chi connectivity index (χ4v) is 4.27. The quantitative estimate of drug-likeness (QED) is 0.183. The van der Waals surface area contributed by atoms with E-state index in [2.05, 4.69) is 0 Å². The van der Waals surface area contributed by atoms with E-state index in [0.717, 1.165) is 22.4 Å². The molecule has 0 saturated carbocycles. The molecule has 0 aliphatic heterocycles. The summed E-state index contributed by atoms with van der Waals surface area (Å²) in [5.74, 6) is 1.41. The van der Waals surface area contributed by atoms with Crippen LogP contribution in [0.1, 0.15) is 34.7 Å². The Bertz CT molecular complexity index is 1400. The SMILES string of the molecule is COC(=O)c1c(-c2ccc(OC)cc2)c(-c2ccc(OC(C)C)cc2)cn1CC(=O)c1ccc(OC)cc1. The van der Waals surface area contributed by atoms with Gasteiger partial charge in [0.2, 0.25) is 0 Å². The van der Waals surface area contributed by atoms with E-state index in [1.54, 1.807) is 43.1 Å². The number of methoxy groups -OCH3 is 3. The van der Waals surface area contributed by atoms with Crippen molar-refractivity contribution in [2.24, 2.45) is 0 Å². The van der Waals surface area contributed by atoms with Crippen molar-refractivity contribution in [1.29, 1.82) is 0 Å². The van der Waals surface area contributed by atoms with Crippen molar-refractivity contribution in [3.05, 3.63) is 90.3 Å². The number of benzene rings is 3. The normalized spacial score (nSPS) is 10.8. The standard InChI is InChI=1S/C31H31NO6/c1-20(2)38-26-16-6-21(7-17-26)27-18-32(19-28(33)22-8-12-24(35-3)13-9-22)30(31(34)37-5)29(27)23-10-14-25(36-4)15-11-23/h6-18,20H,19H2,1-5H3. The Morgan fingerprint density at radius 3 is 1.79 bits per heavy atom. The molecule has 0 radical (unpaired) electrons. The highest BCUT2D eigenvalue weighted by Crippen LogP contribution is 2.38. The number of nitrogens with zero attached hydrogens (tertiary/aromatic N) is 1. The van der Waals surface area contributed by atoms with E-state index in [9.17, 15) is 9.59 Å². The van der Waals surface area contributed by atoms with E-state index in [-0.39, 0.29) is 24.1 Å². The van der Waals surface area contributed by atoms with Crippen LogP contribution in [-0.2, 0) is 11.3 Å². The summed E-state index contributed by atoms with van der Waals surface area (Å²) in [4.78, 5) is 26.4. The fraction of sp³-hybridized carbons (Fsp3) is 0.226.